The van der Waals surface area contributed by atoms with Crippen LogP contribution in [0, 0.1) is 26.6 Å². The van der Waals surface area contributed by atoms with Crippen molar-refractivity contribution in [3.63, 3.8) is 0 Å². The van der Waals surface area contributed by atoms with Crippen LogP contribution in [0.25, 0.3) is 11.8 Å². The van der Waals surface area contributed by atoms with Crippen LogP contribution >= 0.6 is 11.3 Å². The van der Waals surface area contributed by atoms with Crippen molar-refractivity contribution < 1.29 is 9.18 Å². The number of nitrogens with one attached hydrogen (secondary N) is 1. The van der Waals surface area contributed by atoms with Gasteiger partial charge in [0.1, 0.15) is 10.8 Å². The predicted octanol–water partition coefficient (Wildman–Crippen LogP) is 3.44. The van der Waals surface area contributed by atoms with E-state index in [-0.39, 0.29) is 11.7 Å². The summed E-state index contributed by atoms with van der Waals surface area (Å²) in [6, 6.07) is 6.09. The third-order valence-electron chi connectivity index (χ3n) is 3.58. The van der Waals surface area contributed by atoms with Crippen molar-refractivity contribution >= 4 is 28.5 Å². The lowest BCUT2D eigenvalue weighted by Crippen LogP contribution is -2.07. The van der Waals surface area contributed by atoms with Crippen molar-refractivity contribution in [1.82, 2.24) is 20.0 Å². The fourth-order valence-electron chi connectivity index (χ4n) is 2.38. The zero-order chi connectivity index (χ0) is 18.0. The van der Waals surface area contributed by atoms with E-state index in [1.165, 1.54) is 29.5 Å². The fourth-order valence-corrected chi connectivity index (χ4v) is 2.98. The van der Waals surface area contributed by atoms with E-state index in [0.717, 1.165) is 27.6 Å². The highest BCUT2D eigenvalue weighted by Gasteiger charge is 2.11. The number of amides is 1. The lowest BCUT2D eigenvalue weighted by molar-refractivity contribution is -0.111. The molecule has 1 aromatic carbocycles. The Balaban J connectivity index is 1.80. The summed E-state index contributed by atoms with van der Waals surface area (Å²) < 4.78 is 14.8. The molecule has 0 saturated carbocycles. The van der Waals surface area contributed by atoms with E-state index in [4.69, 9.17) is 0 Å². The summed E-state index contributed by atoms with van der Waals surface area (Å²) in [7, 11) is 0. The molecule has 25 heavy (non-hydrogen) atoms. The number of benzene rings is 1. The maximum absolute atomic E-state index is 13.1. The zero-order valence-electron chi connectivity index (χ0n) is 13.9. The second-order valence-electron chi connectivity index (χ2n) is 5.42. The normalized spacial score (nSPS) is 11.2. The molecular weight excluding hydrogens is 341 g/mol. The smallest absolute Gasteiger partial charge is 0.250 e. The summed E-state index contributed by atoms with van der Waals surface area (Å²) in [5, 5.41) is 16.1. The first-order valence-electron chi connectivity index (χ1n) is 7.55. The van der Waals surface area contributed by atoms with Crippen molar-refractivity contribution in [2.45, 2.75) is 20.8 Å². The minimum atomic E-state index is -0.297. The van der Waals surface area contributed by atoms with Crippen LogP contribution in [0.4, 0.5) is 9.52 Å². The fraction of sp³-hybridized carbons (Fsp3) is 0.176. The standard InChI is InChI=1S/C17H16FN5OS/c1-10-15(8-9-16(24)19-17-21-20-12(3)25-17)11(2)23(22-10)14-6-4-13(18)5-7-14/h4-9H,1-3H3,(H,19,21,24)/b9-8+. The second kappa shape index (κ2) is 6.94. The molecule has 0 fully saturated rings. The van der Waals surface area contributed by atoms with E-state index in [0.29, 0.717) is 5.13 Å². The molecule has 0 atom stereocenters. The van der Waals surface area contributed by atoms with Crippen LogP contribution in [0.15, 0.2) is 30.3 Å². The molecule has 1 N–H and O–H groups in total. The van der Waals surface area contributed by atoms with E-state index in [1.54, 1.807) is 22.9 Å². The Labute approximate surface area is 148 Å². The van der Waals surface area contributed by atoms with Crippen LogP contribution in [0.5, 0.6) is 0 Å². The number of hydrogen-bond donors (Lipinski definition) is 1. The first-order valence-corrected chi connectivity index (χ1v) is 8.37. The molecular formula is C17H16FN5OS. The number of nitrogens with zero attached hydrogens (tertiary/aromatic N) is 4. The number of carbonyl (C=O) groups excluding carboxylic acids is 1. The van der Waals surface area contributed by atoms with Crippen LogP contribution in [-0.2, 0) is 4.79 Å². The van der Waals surface area contributed by atoms with Gasteiger partial charge in [-0.25, -0.2) is 9.07 Å². The number of rotatable bonds is 4. The van der Waals surface area contributed by atoms with Gasteiger partial charge >= 0.3 is 0 Å². The van der Waals surface area contributed by atoms with Gasteiger partial charge in [0.2, 0.25) is 11.0 Å². The SMILES string of the molecule is Cc1nnc(NC(=O)/C=C/c2c(C)nn(-c3ccc(F)cc3)c2C)s1. The van der Waals surface area contributed by atoms with Gasteiger partial charge in [-0.3, -0.25) is 10.1 Å². The number of halogens is 1. The average Bonchev–Trinajstić information content (AvgIpc) is 3.10. The van der Waals surface area contributed by atoms with Crippen LogP contribution in [0.2, 0.25) is 0 Å². The van der Waals surface area contributed by atoms with Crippen molar-refractivity contribution in [2.24, 2.45) is 0 Å². The Kier molecular flexibility index (Phi) is 4.71. The Morgan fingerprint density at radius 3 is 2.56 bits per heavy atom. The Bertz CT molecular complexity index is 943. The molecule has 3 aromatic rings. The van der Waals surface area contributed by atoms with Crippen LogP contribution in [0.3, 0.4) is 0 Å². The molecule has 0 unspecified atom stereocenters. The van der Waals surface area contributed by atoms with Gasteiger partial charge in [-0.05, 0) is 51.1 Å². The number of carbonyl (C=O) groups is 1. The van der Waals surface area contributed by atoms with Crippen LogP contribution in [-0.4, -0.2) is 25.9 Å². The van der Waals surface area contributed by atoms with Crippen molar-refractivity contribution in [1.29, 1.82) is 0 Å². The molecule has 0 aliphatic heterocycles. The highest BCUT2D eigenvalue weighted by molar-refractivity contribution is 7.15. The molecule has 0 aliphatic rings. The summed E-state index contributed by atoms with van der Waals surface area (Å²) in [6.45, 7) is 5.58. The second-order valence-corrected chi connectivity index (χ2v) is 6.60. The topological polar surface area (TPSA) is 72.7 Å². The summed E-state index contributed by atoms with van der Waals surface area (Å²) in [5.74, 6) is -0.585. The predicted molar refractivity (Wildman–Crippen MR) is 95.3 cm³/mol. The maximum Gasteiger partial charge on any atom is 0.250 e. The van der Waals surface area contributed by atoms with Crippen molar-refractivity contribution in [3.8, 4) is 5.69 Å². The summed E-state index contributed by atoms with van der Waals surface area (Å²) >= 11 is 1.31. The van der Waals surface area contributed by atoms with Gasteiger partial charge < -0.3 is 0 Å². The van der Waals surface area contributed by atoms with Gasteiger partial charge in [0.15, 0.2) is 0 Å². The molecule has 0 aliphatic carbocycles. The Morgan fingerprint density at radius 1 is 1.20 bits per heavy atom. The molecule has 128 valence electrons. The summed E-state index contributed by atoms with van der Waals surface area (Å²) in [4.78, 5) is 12.0. The number of aryl methyl sites for hydroxylation is 2. The zero-order valence-corrected chi connectivity index (χ0v) is 14.8. The number of anilines is 1. The molecule has 0 spiro atoms. The van der Waals surface area contributed by atoms with Gasteiger partial charge in [-0.15, -0.1) is 10.2 Å². The van der Waals surface area contributed by atoms with Crippen molar-refractivity contribution in [3.05, 3.63) is 58.1 Å². The van der Waals surface area contributed by atoms with Gasteiger partial charge in [0, 0.05) is 17.3 Å². The Hall–Kier alpha value is -2.87. The first kappa shape index (κ1) is 17.0. The molecule has 2 aromatic heterocycles. The van der Waals surface area contributed by atoms with E-state index >= 15 is 0 Å². The molecule has 2 heterocycles. The summed E-state index contributed by atoms with van der Waals surface area (Å²) in [5.41, 5.74) is 3.24. The van der Waals surface area contributed by atoms with Crippen LogP contribution < -0.4 is 5.32 Å². The first-order chi connectivity index (χ1) is 11.9. The Morgan fingerprint density at radius 2 is 1.92 bits per heavy atom. The molecule has 0 saturated heterocycles. The van der Waals surface area contributed by atoms with E-state index in [1.807, 2.05) is 20.8 Å². The lowest BCUT2D eigenvalue weighted by atomic mass is 10.2. The number of hydrogen-bond acceptors (Lipinski definition) is 5. The van der Waals surface area contributed by atoms with E-state index < -0.39 is 0 Å². The third kappa shape index (κ3) is 3.80. The third-order valence-corrected chi connectivity index (χ3v) is 4.33. The van der Waals surface area contributed by atoms with E-state index in [9.17, 15) is 9.18 Å². The molecule has 0 radical (unpaired) electrons. The van der Waals surface area contributed by atoms with Crippen molar-refractivity contribution in [2.75, 3.05) is 5.32 Å². The maximum atomic E-state index is 13.1. The molecule has 8 heteroatoms. The minimum absolute atomic E-state index is 0.288. The highest BCUT2D eigenvalue weighted by atomic mass is 32.1. The summed E-state index contributed by atoms with van der Waals surface area (Å²) in [6.07, 6.45) is 3.14. The van der Waals surface area contributed by atoms with Gasteiger partial charge in [-0.2, -0.15) is 5.10 Å². The molecule has 0 bridgehead atoms. The number of aromatic nitrogens is 4. The molecule has 1 amide bonds. The van der Waals surface area contributed by atoms with Gasteiger partial charge in [0.05, 0.1) is 11.4 Å². The minimum Gasteiger partial charge on any atom is -0.297 e. The molecule has 3 rings (SSSR count). The van der Waals surface area contributed by atoms with Crippen LogP contribution in [0.1, 0.15) is 22.0 Å². The monoisotopic (exact) mass is 357 g/mol. The van der Waals surface area contributed by atoms with E-state index in [2.05, 4.69) is 20.6 Å². The van der Waals surface area contributed by atoms with Gasteiger partial charge in [0.25, 0.3) is 0 Å². The molecule has 6 nitrogen and oxygen atoms in total. The van der Waals surface area contributed by atoms with Gasteiger partial charge in [-0.1, -0.05) is 11.3 Å². The highest BCUT2D eigenvalue weighted by Crippen LogP contribution is 2.20. The largest absolute Gasteiger partial charge is 0.297 e. The lowest BCUT2D eigenvalue weighted by Gasteiger charge is -2.04. The average molecular weight is 357 g/mol. The quantitative estimate of drug-likeness (QED) is 0.726.